The van der Waals surface area contributed by atoms with Crippen molar-refractivity contribution in [1.29, 1.82) is 0 Å². The minimum absolute atomic E-state index is 0.107. The monoisotopic (exact) mass is 432 g/mol. The Morgan fingerprint density at radius 1 is 1.00 bits per heavy atom. The number of nitrogens with one attached hydrogen (secondary N) is 1. The first kappa shape index (κ1) is 20.3. The third-order valence-electron chi connectivity index (χ3n) is 7.97. The zero-order valence-electron chi connectivity index (χ0n) is 17.7. The molecule has 1 saturated heterocycles. The number of benzene rings is 1. The summed E-state index contributed by atoms with van der Waals surface area (Å²) in [6.45, 7) is 1.30. The Morgan fingerprint density at radius 2 is 1.53 bits per heavy atom. The Bertz CT molecular complexity index is 868. The number of piperidine rings is 1. The molecule has 5 fully saturated rings. The van der Waals surface area contributed by atoms with Crippen LogP contribution in [-0.4, -0.2) is 45.5 Å². The molecule has 1 aromatic carbocycles. The molecule has 1 heterocycles. The highest BCUT2D eigenvalue weighted by Gasteiger charge is 2.55. The van der Waals surface area contributed by atoms with Crippen LogP contribution in [0.15, 0.2) is 29.2 Å². The molecule has 0 aromatic heterocycles. The van der Waals surface area contributed by atoms with Crippen LogP contribution in [0, 0.1) is 23.2 Å². The van der Waals surface area contributed by atoms with E-state index in [1.807, 2.05) is 4.90 Å². The molecule has 1 N–H and O–H groups in total. The van der Waals surface area contributed by atoms with Gasteiger partial charge in [0.1, 0.15) is 5.75 Å². The number of hydrogen-bond donors (Lipinski definition) is 1. The van der Waals surface area contributed by atoms with Gasteiger partial charge in [0.2, 0.25) is 15.9 Å². The maximum atomic E-state index is 13.5. The maximum Gasteiger partial charge on any atom is 0.240 e. The molecule has 1 aliphatic heterocycles. The molecule has 4 bridgehead atoms. The highest BCUT2D eigenvalue weighted by Crippen LogP contribution is 2.60. The molecular weight excluding hydrogens is 400 g/mol. The molecule has 164 valence electrons. The van der Waals surface area contributed by atoms with E-state index in [9.17, 15) is 13.2 Å². The van der Waals surface area contributed by atoms with Crippen molar-refractivity contribution in [2.24, 2.45) is 23.2 Å². The van der Waals surface area contributed by atoms with Crippen LogP contribution in [-0.2, 0) is 14.8 Å². The van der Waals surface area contributed by atoms with Gasteiger partial charge in [-0.2, -0.15) is 0 Å². The molecule has 6 nitrogen and oxygen atoms in total. The number of nitrogens with zero attached hydrogens (tertiary/aromatic N) is 1. The zero-order valence-corrected chi connectivity index (χ0v) is 18.5. The van der Waals surface area contributed by atoms with Crippen LogP contribution in [0.2, 0.25) is 0 Å². The topological polar surface area (TPSA) is 75.7 Å². The van der Waals surface area contributed by atoms with Crippen molar-refractivity contribution < 1.29 is 17.9 Å². The molecule has 4 aliphatic carbocycles. The van der Waals surface area contributed by atoms with E-state index in [0.29, 0.717) is 37.6 Å². The molecular formula is C23H32N2O4S. The molecule has 1 amide bonds. The van der Waals surface area contributed by atoms with Crippen LogP contribution in [0.1, 0.15) is 51.4 Å². The summed E-state index contributed by atoms with van der Waals surface area (Å²) in [7, 11) is -2.01. The fourth-order valence-corrected chi connectivity index (χ4v) is 8.26. The first-order chi connectivity index (χ1) is 14.4. The second kappa shape index (κ2) is 7.52. The molecule has 1 aromatic rings. The normalized spacial score (nSPS) is 33.6. The van der Waals surface area contributed by atoms with E-state index < -0.39 is 10.0 Å². The summed E-state index contributed by atoms with van der Waals surface area (Å²) in [5, 5.41) is 0. The Morgan fingerprint density at radius 3 is 2.03 bits per heavy atom. The number of methoxy groups -OCH3 is 1. The van der Waals surface area contributed by atoms with Gasteiger partial charge in [-0.15, -0.1) is 0 Å². The van der Waals surface area contributed by atoms with Gasteiger partial charge < -0.3 is 9.64 Å². The maximum absolute atomic E-state index is 13.5. The summed E-state index contributed by atoms with van der Waals surface area (Å²) < 4.78 is 33.4. The van der Waals surface area contributed by atoms with Crippen LogP contribution in [0.5, 0.6) is 5.75 Å². The number of carbonyl (C=O) groups excluding carboxylic acids is 1. The fraction of sp³-hybridized carbons (Fsp3) is 0.696. The van der Waals surface area contributed by atoms with E-state index in [0.717, 1.165) is 37.0 Å². The molecule has 0 atom stereocenters. The molecule has 5 aliphatic rings. The van der Waals surface area contributed by atoms with Gasteiger partial charge in [-0.3, -0.25) is 4.79 Å². The van der Waals surface area contributed by atoms with Gasteiger partial charge in [-0.1, -0.05) is 0 Å². The third-order valence-corrected chi connectivity index (χ3v) is 9.50. The van der Waals surface area contributed by atoms with E-state index in [-0.39, 0.29) is 16.4 Å². The van der Waals surface area contributed by atoms with Gasteiger partial charge in [0, 0.05) is 19.1 Å². The van der Waals surface area contributed by atoms with Gasteiger partial charge in [0.25, 0.3) is 0 Å². The minimum atomic E-state index is -3.57. The Kier molecular flexibility index (Phi) is 5.09. The van der Waals surface area contributed by atoms with Crippen molar-refractivity contribution in [2.75, 3.05) is 20.2 Å². The van der Waals surface area contributed by atoms with E-state index in [1.165, 1.54) is 19.3 Å². The van der Waals surface area contributed by atoms with E-state index in [1.54, 1.807) is 31.4 Å². The summed E-state index contributed by atoms with van der Waals surface area (Å²) in [6.07, 6.45) is 8.61. The van der Waals surface area contributed by atoms with E-state index in [2.05, 4.69) is 4.72 Å². The average Bonchev–Trinajstić information content (AvgIpc) is 2.72. The van der Waals surface area contributed by atoms with Crippen LogP contribution in [0.25, 0.3) is 0 Å². The third kappa shape index (κ3) is 3.64. The first-order valence-electron chi connectivity index (χ1n) is 11.3. The number of amides is 1. The number of hydrogen-bond acceptors (Lipinski definition) is 4. The number of sulfonamides is 1. The molecule has 0 spiro atoms. The minimum Gasteiger partial charge on any atom is -0.497 e. The molecule has 30 heavy (non-hydrogen) atoms. The highest BCUT2D eigenvalue weighted by atomic mass is 32.2. The zero-order chi connectivity index (χ0) is 20.9. The van der Waals surface area contributed by atoms with Crippen molar-refractivity contribution in [3.05, 3.63) is 24.3 Å². The van der Waals surface area contributed by atoms with Gasteiger partial charge in [0.05, 0.1) is 17.4 Å². The lowest BCUT2D eigenvalue weighted by molar-refractivity contribution is -0.158. The molecule has 0 radical (unpaired) electrons. The smallest absolute Gasteiger partial charge is 0.240 e. The SMILES string of the molecule is COc1ccc(S(=O)(=O)NC2CCN(C(=O)C34CC5CC(CC(C5)C3)C4)CC2)cc1. The van der Waals surface area contributed by atoms with Gasteiger partial charge in [0.15, 0.2) is 0 Å². The summed E-state index contributed by atoms with van der Waals surface area (Å²) in [5.41, 5.74) is -0.107. The van der Waals surface area contributed by atoms with E-state index in [4.69, 9.17) is 4.74 Å². The van der Waals surface area contributed by atoms with Crippen LogP contribution >= 0.6 is 0 Å². The summed E-state index contributed by atoms with van der Waals surface area (Å²) in [4.78, 5) is 15.8. The number of rotatable bonds is 5. The van der Waals surface area contributed by atoms with Gasteiger partial charge in [-0.05, 0) is 93.4 Å². The lowest BCUT2D eigenvalue weighted by Gasteiger charge is -2.57. The van der Waals surface area contributed by atoms with Crippen molar-refractivity contribution in [2.45, 2.75) is 62.3 Å². The summed E-state index contributed by atoms with van der Waals surface area (Å²) in [5.74, 6) is 3.26. The van der Waals surface area contributed by atoms with Crippen molar-refractivity contribution >= 4 is 15.9 Å². The lowest BCUT2D eigenvalue weighted by Crippen LogP contribution is -2.56. The molecule has 6 rings (SSSR count). The molecule has 7 heteroatoms. The second-order valence-corrected chi connectivity index (χ2v) is 11.8. The van der Waals surface area contributed by atoms with Crippen LogP contribution in [0.3, 0.4) is 0 Å². The van der Waals surface area contributed by atoms with Crippen molar-refractivity contribution in [1.82, 2.24) is 9.62 Å². The molecule has 4 saturated carbocycles. The van der Waals surface area contributed by atoms with E-state index >= 15 is 0 Å². The quantitative estimate of drug-likeness (QED) is 0.775. The summed E-state index contributed by atoms with van der Waals surface area (Å²) in [6, 6.07) is 6.31. The largest absolute Gasteiger partial charge is 0.497 e. The van der Waals surface area contributed by atoms with Gasteiger partial charge >= 0.3 is 0 Å². The first-order valence-corrected chi connectivity index (χ1v) is 12.8. The number of ether oxygens (including phenoxy) is 1. The Hall–Kier alpha value is -1.60. The number of likely N-dealkylation sites (tertiary alicyclic amines) is 1. The van der Waals surface area contributed by atoms with Crippen LogP contribution in [0.4, 0.5) is 0 Å². The Balaban J connectivity index is 1.20. The Labute approximate surface area is 179 Å². The van der Waals surface area contributed by atoms with Gasteiger partial charge in [-0.25, -0.2) is 13.1 Å². The fourth-order valence-electron chi connectivity index (χ4n) is 6.95. The summed E-state index contributed by atoms with van der Waals surface area (Å²) >= 11 is 0. The average molecular weight is 433 g/mol. The number of carbonyl (C=O) groups is 1. The van der Waals surface area contributed by atoms with Crippen molar-refractivity contribution in [3.8, 4) is 5.75 Å². The van der Waals surface area contributed by atoms with Crippen LogP contribution < -0.4 is 9.46 Å². The standard InChI is InChI=1S/C23H32N2O4S/c1-29-20-2-4-21(5-3-20)30(27,28)24-19-6-8-25(9-7-19)22(26)23-13-16-10-17(14-23)12-18(11-16)15-23/h2-5,16-19,24H,6-15H2,1H3. The molecule has 0 unspecified atom stereocenters. The van der Waals surface area contributed by atoms with Crippen molar-refractivity contribution in [3.63, 3.8) is 0 Å². The lowest BCUT2D eigenvalue weighted by atomic mass is 9.49. The predicted octanol–water partition coefficient (Wildman–Crippen LogP) is 3.18. The predicted molar refractivity (Wildman–Crippen MR) is 114 cm³/mol. The highest BCUT2D eigenvalue weighted by molar-refractivity contribution is 7.89. The second-order valence-electron chi connectivity index (χ2n) is 10.1.